The van der Waals surface area contributed by atoms with Gasteiger partial charge in [-0.25, -0.2) is 4.79 Å². The molecule has 2 atom stereocenters. The molecule has 38 heavy (non-hydrogen) atoms. The molecule has 0 spiro atoms. The number of alkyl carbamates (subject to hydrolysis) is 1. The molecule has 8 nitrogen and oxygen atoms in total. The lowest BCUT2D eigenvalue weighted by molar-refractivity contribution is -0.142. The van der Waals surface area contributed by atoms with Crippen molar-refractivity contribution in [3.05, 3.63) is 29.8 Å². The van der Waals surface area contributed by atoms with Gasteiger partial charge in [-0.05, 0) is 57.7 Å². The number of nitrogens with zero attached hydrogens (tertiary/aromatic N) is 1. The van der Waals surface area contributed by atoms with Gasteiger partial charge < -0.3 is 25.4 Å². The van der Waals surface area contributed by atoms with Gasteiger partial charge in [-0.1, -0.05) is 64.0 Å². The summed E-state index contributed by atoms with van der Waals surface area (Å²) in [5, 5.41) is 15.7. The number of rotatable bonds is 13. The van der Waals surface area contributed by atoms with Crippen LogP contribution < -0.4 is 10.6 Å². The Bertz CT molecular complexity index is 881. The second-order valence-electron chi connectivity index (χ2n) is 11.2. The molecular formula is C29H47N3O5S. The van der Waals surface area contributed by atoms with E-state index < -0.39 is 29.7 Å². The van der Waals surface area contributed by atoms with Crippen LogP contribution >= 0.6 is 12.6 Å². The first-order valence-corrected chi connectivity index (χ1v) is 14.7. The fraction of sp³-hybridized carbons (Fsp3) is 0.690. The van der Waals surface area contributed by atoms with E-state index in [-0.39, 0.29) is 23.5 Å². The highest BCUT2D eigenvalue weighted by Gasteiger charge is 2.36. The minimum Gasteiger partial charge on any atom is -0.508 e. The summed E-state index contributed by atoms with van der Waals surface area (Å²) in [6.45, 7) is 7.76. The van der Waals surface area contributed by atoms with Crippen LogP contribution in [0.3, 0.4) is 0 Å². The van der Waals surface area contributed by atoms with Gasteiger partial charge in [-0.2, -0.15) is 12.6 Å². The fourth-order valence-corrected chi connectivity index (χ4v) is 4.99. The molecule has 0 saturated heterocycles. The second kappa shape index (κ2) is 15.9. The van der Waals surface area contributed by atoms with E-state index in [9.17, 15) is 19.5 Å². The van der Waals surface area contributed by atoms with Gasteiger partial charge in [0.1, 0.15) is 23.4 Å². The summed E-state index contributed by atoms with van der Waals surface area (Å²) in [5.74, 6) is -0.507. The maximum absolute atomic E-state index is 14.0. The van der Waals surface area contributed by atoms with E-state index in [1.165, 1.54) is 12.1 Å². The Morgan fingerprint density at radius 2 is 1.68 bits per heavy atom. The van der Waals surface area contributed by atoms with E-state index in [0.29, 0.717) is 12.1 Å². The maximum Gasteiger partial charge on any atom is 0.408 e. The zero-order chi connectivity index (χ0) is 28.1. The number of hydrogen-bond acceptors (Lipinski definition) is 6. The standard InChI is InChI=1S/C29H47N3O5S/c1-5-6-7-8-12-19-32(27(35)24(20-38)31-28(36)37-29(2,3)4)25(21-15-17-23(33)18-16-21)26(34)30-22-13-10-9-11-14-22/h15-18,22,24-25,33,38H,5-14,19-20H2,1-4H3,(H,30,34)(H,31,36). The third-order valence-corrected chi connectivity index (χ3v) is 7.04. The number of phenolic OH excluding ortho intramolecular Hbond substituents is 1. The first-order valence-electron chi connectivity index (χ1n) is 14.1. The zero-order valence-electron chi connectivity index (χ0n) is 23.5. The van der Waals surface area contributed by atoms with Crippen molar-refractivity contribution in [2.24, 2.45) is 0 Å². The SMILES string of the molecule is CCCCCCCN(C(=O)C(CS)NC(=O)OC(C)(C)C)C(C(=O)NC1CCCCC1)c1ccc(O)cc1. The van der Waals surface area contributed by atoms with Crippen molar-refractivity contribution >= 4 is 30.5 Å². The molecule has 214 valence electrons. The number of unbranched alkanes of at least 4 members (excludes halogenated alkanes) is 4. The average molecular weight is 550 g/mol. The molecule has 0 heterocycles. The van der Waals surface area contributed by atoms with E-state index in [1.807, 2.05) is 0 Å². The van der Waals surface area contributed by atoms with Crippen molar-refractivity contribution < 1.29 is 24.2 Å². The quantitative estimate of drug-likeness (QED) is 0.192. The summed E-state index contributed by atoms with van der Waals surface area (Å²) in [4.78, 5) is 41.8. The number of thiol groups is 1. The van der Waals surface area contributed by atoms with Gasteiger partial charge in [0.15, 0.2) is 0 Å². The summed E-state index contributed by atoms with van der Waals surface area (Å²) in [5.41, 5.74) is -0.116. The lowest BCUT2D eigenvalue weighted by Gasteiger charge is -2.35. The van der Waals surface area contributed by atoms with Gasteiger partial charge in [0.05, 0.1) is 0 Å². The molecule has 0 radical (unpaired) electrons. The van der Waals surface area contributed by atoms with Crippen LogP contribution in [-0.4, -0.2) is 57.9 Å². The lowest BCUT2D eigenvalue weighted by Crippen LogP contribution is -2.54. The van der Waals surface area contributed by atoms with Crippen molar-refractivity contribution in [2.75, 3.05) is 12.3 Å². The number of carbonyl (C=O) groups excluding carboxylic acids is 3. The molecular weight excluding hydrogens is 502 g/mol. The van der Waals surface area contributed by atoms with Crippen molar-refractivity contribution in [3.63, 3.8) is 0 Å². The first kappa shape index (κ1) is 31.8. The molecule has 1 aromatic carbocycles. The third-order valence-electron chi connectivity index (χ3n) is 6.68. The number of amides is 3. The van der Waals surface area contributed by atoms with Crippen LogP contribution in [0.4, 0.5) is 4.79 Å². The van der Waals surface area contributed by atoms with Crippen LogP contribution in [0, 0.1) is 0 Å². The third kappa shape index (κ3) is 10.8. The van der Waals surface area contributed by atoms with Gasteiger partial charge in [-0.3, -0.25) is 9.59 Å². The highest BCUT2D eigenvalue weighted by atomic mass is 32.1. The number of aromatic hydroxyl groups is 1. The number of benzene rings is 1. The minimum absolute atomic E-state index is 0.0525. The maximum atomic E-state index is 14.0. The predicted molar refractivity (Wildman–Crippen MR) is 153 cm³/mol. The zero-order valence-corrected chi connectivity index (χ0v) is 24.4. The number of ether oxygens (including phenoxy) is 1. The van der Waals surface area contributed by atoms with Gasteiger partial charge in [0.2, 0.25) is 11.8 Å². The van der Waals surface area contributed by atoms with Crippen LogP contribution in [0.2, 0.25) is 0 Å². The molecule has 1 saturated carbocycles. The highest BCUT2D eigenvalue weighted by Crippen LogP contribution is 2.27. The van der Waals surface area contributed by atoms with Crippen LogP contribution in [-0.2, 0) is 14.3 Å². The molecule has 1 aliphatic rings. The van der Waals surface area contributed by atoms with Gasteiger partial charge in [0, 0.05) is 18.3 Å². The van der Waals surface area contributed by atoms with E-state index in [4.69, 9.17) is 4.74 Å². The largest absolute Gasteiger partial charge is 0.508 e. The van der Waals surface area contributed by atoms with Crippen LogP contribution in [0.15, 0.2) is 24.3 Å². The van der Waals surface area contributed by atoms with Gasteiger partial charge in [-0.15, -0.1) is 0 Å². The van der Waals surface area contributed by atoms with Gasteiger partial charge in [0.25, 0.3) is 0 Å². The molecule has 3 N–H and O–H groups in total. The Morgan fingerprint density at radius 3 is 2.26 bits per heavy atom. The van der Waals surface area contributed by atoms with E-state index in [0.717, 1.165) is 64.2 Å². The van der Waals surface area contributed by atoms with Crippen molar-refractivity contribution in [1.82, 2.24) is 15.5 Å². The van der Waals surface area contributed by atoms with Crippen LogP contribution in [0.25, 0.3) is 0 Å². The predicted octanol–water partition coefficient (Wildman–Crippen LogP) is 5.50. The average Bonchev–Trinajstić information content (AvgIpc) is 2.86. The smallest absolute Gasteiger partial charge is 0.408 e. The summed E-state index contributed by atoms with van der Waals surface area (Å²) in [6, 6.07) is 4.59. The first-order chi connectivity index (χ1) is 18.1. The summed E-state index contributed by atoms with van der Waals surface area (Å²) in [6.07, 6.45) is 9.32. The highest BCUT2D eigenvalue weighted by molar-refractivity contribution is 7.80. The number of nitrogens with one attached hydrogen (secondary N) is 2. The molecule has 2 rings (SSSR count). The van der Waals surface area contributed by atoms with Crippen LogP contribution in [0.5, 0.6) is 5.75 Å². The molecule has 0 bridgehead atoms. The molecule has 1 aliphatic carbocycles. The fourth-order valence-electron chi connectivity index (χ4n) is 4.74. The summed E-state index contributed by atoms with van der Waals surface area (Å²) >= 11 is 4.35. The topological polar surface area (TPSA) is 108 Å². The van der Waals surface area contributed by atoms with E-state index in [1.54, 1.807) is 37.8 Å². The second-order valence-corrected chi connectivity index (χ2v) is 11.5. The molecule has 9 heteroatoms. The van der Waals surface area contributed by atoms with Crippen molar-refractivity contribution in [3.8, 4) is 5.75 Å². The van der Waals surface area contributed by atoms with Crippen molar-refractivity contribution in [2.45, 2.75) is 116 Å². The Balaban J connectivity index is 2.37. The Labute approximate surface area is 233 Å². The Morgan fingerprint density at radius 1 is 1.05 bits per heavy atom. The summed E-state index contributed by atoms with van der Waals surface area (Å²) < 4.78 is 5.37. The van der Waals surface area contributed by atoms with Crippen molar-refractivity contribution in [1.29, 1.82) is 0 Å². The number of hydrogen-bond donors (Lipinski definition) is 4. The summed E-state index contributed by atoms with van der Waals surface area (Å²) in [7, 11) is 0. The Kier molecular flexibility index (Phi) is 13.3. The Hall–Kier alpha value is -2.42. The molecule has 1 aromatic rings. The minimum atomic E-state index is -0.967. The van der Waals surface area contributed by atoms with E-state index >= 15 is 0 Å². The molecule has 3 amide bonds. The molecule has 1 fully saturated rings. The normalized spacial score (nSPS) is 15.8. The molecule has 0 aliphatic heterocycles. The number of phenols is 1. The molecule has 0 aromatic heterocycles. The van der Waals surface area contributed by atoms with E-state index in [2.05, 4.69) is 30.2 Å². The monoisotopic (exact) mass is 549 g/mol. The van der Waals surface area contributed by atoms with Gasteiger partial charge >= 0.3 is 6.09 Å². The molecule has 2 unspecified atom stereocenters. The number of carbonyl (C=O) groups is 3. The van der Waals surface area contributed by atoms with Crippen LogP contribution in [0.1, 0.15) is 104 Å². The lowest BCUT2D eigenvalue weighted by atomic mass is 9.94.